The minimum atomic E-state index is -0.471. The molecule has 4 aromatic rings. The van der Waals surface area contributed by atoms with Crippen molar-refractivity contribution in [3.05, 3.63) is 78.4 Å². The van der Waals surface area contributed by atoms with Gasteiger partial charge in [-0.3, -0.25) is 4.79 Å². The van der Waals surface area contributed by atoms with Crippen molar-refractivity contribution in [1.82, 2.24) is 0 Å². The fourth-order valence-electron chi connectivity index (χ4n) is 3.07. The molecule has 4 aromatic carbocycles. The smallest absolute Gasteiger partial charge is 0.260 e. The Hall–Kier alpha value is -3.53. The van der Waals surface area contributed by atoms with Crippen molar-refractivity contribution < 1.29 is 15.0 Å². The average molecular weight is 329 g/mol. The van der Waals surface area contributed by atoms with Crippen molar-refractivity contribution in [3.8, 4) is 11.5 Å². The van der Waals surface area contributed by atoms with E-state index in [1.807, 2.05) is 42.5 Å². The third kappa shape index (κ3) is 2.54. The molecule has 4 nitrogen and oxygen atoms in total. The quantitative estimate of drug-likeness (QED) is 0.469. The van der Waals surface area contributed by atoms with Crippen LogP contribution < -0.4 is 5.32 Å². The maximum atomic E-state index is 12.9. The maximum Gasteiger partial charge on any atom is 0.260 e. The highest BCUT2D eigenvalue weighted by atomic mass is 16.3. The zero-order valence-electron chi connectivity index (χ0n) is 13.2. The lowest BCUT2D eigenvalue weighted by atomic mass is 10.0. The first-order valence-corrected chi connectivity index (χ1v) is 7.88. The van der Waals surface area contributed by atoms with Crippen LogP contribution in [0.25, 0.3) is 21.5 Å². The van der Waals surface area contributed by atoms with Gasteiger partial charge in [0.25, 0.3) is 5.91 Å². The van der Waals surface area contributed by atoms with Crippen LogP contribution in [0.3, 0.4) is 0 Å². The second-order valence-corrected chi connectivity index (χ2v) is 5.82. The van der Waals surface area contributed by atoms with E-state index in [1.165, 1.54) is 6.07 Å². The van der Waals surface area contributed by atoms with E-state index < -0.39 is 5.91 Å². The first-order valence-electron chi connectivity index (χ1n) is 7.88. The highest BCUT2D eigenvalue weighted by Crippen LogP contribution is 2.34. The van der Waals surface area contributed by atoms with Gasteiger partial charge in [0.1, 0.15) is 11.5 Å². The Morgan fingerprint density at radius 1 is 0.680 bits per heavy atom. The standard InChI is InChI=1S/C21H15NO3/c23-17-11-9-13-5-1-3-7-15(13)19(17)21(25)22-20-16-8-4-2-6-14(16)10-12-18(20)24/h1-12,23-24H,(H,22,25). The summed E-state index contributed by atoms with van der Waals surface area (Å²) in [5.74, 6) is -0.594. The number of benzene rings is 4. The van der Waals surface area contributed by atoms with Crippen molar-refractivity contribution in [2.45, 2.75) is 0 Å². The van der Waals surface area contributed by atoms with Crippen LogP contribution in [0.4, 0.5) is 5.69 Å². The second kappa shape index (κ2) is 5.83. The van der Waals surface area contributed by atoms with Gasteiger partial charge in [0, 0.05) is 5.39 Å². The molecule has 0 saturated heterocycles. The highest BCUT2D eigenvalue weighted by Gasteiger charge is 2.18. The molecule has 0 aliphatic carbocycles. The molecule has 0 atom stereocenters. The number of nitrogens with one attached hydrogen (secondary N) is 1. The Morgan fingerprint density at radius 2 is 1.24 bits per heavy atom. The number of carbonyl (C=O) groups excluding carboxylic acids is 1. The lowest BCUT2D eigenvalue weighted by molar-refractivity contribution is 0.102. The molecule has 3 N–H and O–H groups in total. The third-order valence-corrected chi connectivity index (χ3v) is 4.28. The lowest BCUT2D eigenvalue weighted by Crippen LogP contribution is -2.13. The van der Waals surface area contributed by atoms with Gasteiger partial charge in [-0.2, -0.15) is 0 Å². The van der Waals surface area contributed by atoms with Crippen LogP contribution in [-0.4, -0.2) is 16.1 Å². The number of phenolic OH excluding ortho intramolecular Hbond substituents is 2. The summed E-state index contributed by atoms with van der Waals surface area (Å²) in [6.07, 6.45) is 0. The molecule has 4 heteroatoms. The molecule has 0 radical (unpaired) electrons. The van der Waals surface area contributed by atoms with Crippen molar-refractivity contribution in [1.29, 1.82) is 0 Å². The van der Waals surface area contributed by atoms with E-state index in [0.717, 1.165) is 16.2 Å². The summed E-state index contributed by atoms with van der Waals surface area (Å²) in [6, 6.07) is 21.4. The van der Waals surface area contributed by atoms with Crippen LogP contribution in [0.1, 0.15) is 10.4 Å². The maximum absolute atomic E-state index is 12.9. The Bertz CT molecular complexity index is 1120. The third-order valence-electron chi connectivity index (χ3n) is 4.28. The van der Waals surface area contributed by atoms with Gasteiger partial charge in [-0.05, 0) is 28.3 Å². The fourth-order valence-corrected chi connectivity index (χ4v) is 3.07. The van der Waals surface area contributed by atoms with Crippen molar-refractivity contribution in [3.63, 3.8) is 0 Å². The number of carbonyl (C=O) groups is 1. The average Bonchev–Trinajstić information content (AvgIpc) is 2.64. The zero-order valence-corrected chi connectivity index (χ0v) is 13.2. The lowest BCUT2D eigenvalue weighted by Gasteiger charge is -2.13. The molecule has 0 bridgehead atoms. The van der Waals surface area contributed by atoms with Crippen molar-refractivity contribution >= 4 is 33.1 Å². The number of amides is 1. The molecule has 0 spiro atoms. The Kier molecular flexibility index (Phi) is 3.51. The molecule has 122 valence electrons. The predicted octanol–water partition coefficient (Wildman–Crippen LogP) is 4.66. The summed E-state index contributed by atoms with van der Waals surface area (Å²) in [5.41, 5.74) is 0.515. The summed E-state index contributed by atoms with van der Waals surface area (Å²) < 4.78 is 0. The summed E-state index contributed by atoms with van der Waals surface area (Å²) in [4.78, 5) is 12.9. The van der Waals surface area contributed by atoms with E-state index >= 15 is 0 Å². The first kappa shape index (κ1) is 15.0. The summed E-state index contributed by atoms with van der Waals surface area (Å²) in [6.45, 7) is 0. The van der Waals surface area contributed by atoms with E-state index in [1.54, 1.807) is 24.3 Å². The molecule has 4 rings (SSSR count). The molecule has 0 aliphatic heterocycles. The first-order chi connectivity index (χ1) is 12.1. The molecule has 0 unspecified atom stereocenters. The molecule has 0 saturated carbocycles. The van der Waals surface area contributed by atoms with Gasteiger partial charge >= 0.3 is 0 Å². The molecule has 0 aromatic heterocycles. The second-order valence-electron chi connectivity index (χ2n) is 5.82. The number of hydrogen-bond acceptors (Lipinski definition) is 3. The van der Waals surface area contributed by atoms with E-state index in [9.17, 15) is 15.0 Å². The molecular formula is C21H15NO3. The largest absolute Gasteiger partial charge is 0.507 e. The number of hydrogen-bond donors (Lipinski definition) is 3. The number of rotatable bonds is 2. The Labute approximate surface area is 144 Å². The van der Waals surface area contributed by atoms with Gasteiger partial charge in [-0.15, -0.1) is 0 Å². The molecule has 25 heavy (non-hydrogen) atoms. The Morgan fingerprint density at radius 3 is 1.96 bits per heavy atom. The van der Waals surface area contributed by atoms with Crippen LogP contribution in [0.5, 0.6) is 11.5 Å². The van der Waals surface area contributed by atoms with Crippen LogP contribution in [0, 0.1) is 0 Å². The summed E-state index contributed by atoms with van der Waals surface area (Å²) >= 11 is 0. The zero-order chi connectivity index (χ0) is 17.4. The van der Waals surface area contributed by atoms with Gasteiger partial charge < -0.3 is 15.5 Å². The van der Waals surface area contributed by atoms with Gasteiger partial charge in [0.2, 0.25) is 0 Å². The minimum absolute atomic E-state index is 0.0215. The van der Waals surface area contributed by atoms with E-state index in [2.05, 4.69) is 5.32 Å². The Balaban J connectivity index is 1.85. The van der Waals surface area contributed by atoms with Crippen molar-refractivity contribution in [2.75, 3.05) is 5.32 Å². The highest BCUT2D eigenvalue weighted by molar-refractivity contribution is 6.17. The van der Waals surface area contributed by atoms with Gasteiger partial charge in [-0.25, -0.2) is 0 Å². The molecular weight excluding hydrogens is 314 g/mol. The van der Waals surface area contributed by atoms with E-state index in [-0.39, 0.29) is 17.1 Å². The van der Waals surface area contributed by atoms with E-state index in [4.69, 9.17) is 0 Å². The number of fused-ring (bicyclic) bond motifs is 2. The van der Waals surface area contributed by atoms with Gasteiger partial charge in [0.05, 0.1) is 11.3 Å². The van der Waals surface area contributed by atoms with Crippen LogP contribution in [0.15, 0.2) is 72.8 Å². The molecule has 0 aliphatic rings. The number of phenols is 2. The summed E-state index contributed by atoms with van der Waals surface area (Å²) in [5, 5.41) is 26.3. The monoisotopic (exact) mass is 329 g/mol. The molecule has 1 amide bonds. The molecule has 0 heterocycles. The van der Waals surface area contributed by atoms with Crippen LogP contribution in [-0.2, 0) is 0 Å². The van der Waals surface area contributed by atoms with Crippen molar-refractivity contribution in [2.24, 2.45) is 0 Å². The van der Waals surface area contributed by atoms with Crippen LogP contribution in [0.2, 0.25) is 0 Å². The normalized spacial score (nSPS) is 10.9. The van der Waals surface area contributed by atoms with Gasteiger partial charge in [-0.1, -0.05) is 60.7 Å². The number of anilines is 1. The van der Waals surface area contributed by atoms with Gasteiger partial charge in [0.15, 0.2) is 0 Å². The predicted molar refractivity (Wildman–Crippen MR) is 99.2 cm³/mol. The van der Waals surface area contributed by atoms with E-state index in [0.29, 0.717) is 11.1 Å². The molecule has 0 fully saturated rings. The summed E-state index contributed by atoms with van der Waals surface area (Å²) in [7, 11) is 0. The SMILES string of the molecule is O=C(Nc1c(O)ccc2ccccc12)c1c(O)ccc2ccccc12. The topological polar surface area (TPSA) is 69.6 Å². The minimum Gasteiger partial charge on any atom is -0.507 e. The fraction of sp³-hybridized carbons (Fsp3) is 0. The number of aromatic hydroxyl groups is 2. The van der Waals surface area contributed by atoms with Crippen LogP contribution >= 0.6 is 0 Å².